The van der Waals surface area contributed by atoms with Gasteiger partial charge in [-0.2, -0.15) is 0 Å². The van der Waals surface area contributed by atoms with Crippen LogP contribution in [0.1, 0.15) is 17.0 Å². The van der Waals surface area contributed by atoms with Gasteiger partial charge in [-0.15, -0.1) is 0 Å². The van der Waals surface area contributed by atoms with Crippen molar-refractivity contribution >= 4 is 5.65 Å². The molecular formula is C21H19N3O2. The lowest BCUT2D eigenvalue weighted by Gasteiger charge is -2.04. The molecule has 0 atom stereocenters. The van der Waals surface area contributed by atoms with Crippen LogP contribution < -0.4 is 5.56 Å². The predicted molar refractivity (Wildman–Crippen MR) is 101 cm³/mol. The van der Waals surface area contributed by atoms with Gasteiger partial charge in [0.2, 0.25) is 0 Å². The Morgan fingerprint density at radius 1 is 1.04 bits per heavy atom. The lowest BCUT2D eigenvalue weighted by Crippen LogP contribution is -2.16. The van der Waals surface area contributed by atoms with Crippen molar-refractivity contribution in [3.05, 3.63) is 94.0 Å². The summed E-state index contributed by atoms with van der Waals surface area (Å²) in [6.45, 7) is 0.376. The van der Waals surface area contributed by atoms with E-state index in [-0.39, 0.29) is 5.56 Å². The van der Waals surface area contributed by atoms with Gasteiger partial charge in [0.25, 0.3) is 5.56 Å². The van der Waals surface area contributed by atoms with Crippen LogP contribution in [0.5, 0.6) is 0 Å². The Morgan fingerprint density at radius 2 is 1.73 bits per heavy atom. The molecule has 0 saturated heterocycles. The molecule has 0 aliphatic heterocycles. The van der Waals surface area contributed by atoms with Crippen LogP contribution in [0.2, 0.25) is 0 Å². The summed E-state index contributed by atoms with van der Waals surface area (Å²) in [7, 11) is 1.64. The molecule has 0 fully saturated rings. The second kappa shape index (κ2) is 6.98. The summed E-state index contributed by atoms with van der Waals surface area (Å²) >= 11 is 0. The normalized spacial score (nSPS) is 11.1. The van der Waals surface area contributed by atoms with Crippen LogP contribution in [0.15, 0.2) is 71.5 Å². The van der Waals surface area contributed by atoms with E-state index in [2.05, 4.69) is 5.10 Å². The standard InChI is InChI=1S/C21H19N3O2/c1-26-14-18-20(16-10-6-3-7-11-16)21-22-17(13-19(25)24(21)23-18)12-15-8-4-2-5-9-15/h2-11,13,23H,12,14H2,1H3. The van der Waals surface area contributed by atoms with Crippen molar-refractivity contribution in [2.45, 2.75) is 13.0 Å². The number of benzene rings is 2. The van der Waals surface area contributed by atoms with E-state index in [4.69, 9.17) is 9.72 Å². The summed E-state index contributed by atoms with van der Waals surface area (Å²) in [5, 5.41) is 3.14. The monoisotopic (exact) mass is 345 g/mol. The molecule has 0 amide bonds. The Hall–Kier alpha value is -3.18. The van der Waals surface area contributed by atoms with Gasteiger partial charge in [-0.05, 0) is 11.1 Å². The molecule has 0 aliphatic rings. The Bertz CT molecular complexity index is 1080. The summed E-state index contributed by atoms with van der Waals surface area (Å²) in [4.78, 5) is 17.4. The molecule has 2 aromatic heterocycles. The smallest absolute Gasteiger partial charge is 0.272 e. The Balaban J connectivity index is 1.90. The van der Waals surface area contributed by atoms with Gasteiger partial charge < -0.3 is 4.74 Å². The van der Waals surface area contributed by atoms with E-state index in [1.54, 1.807) is 13.2 Å². The third-order valence-corrected chi connectivity index (χ3v) is 4.32. The fourth-order valence-corrected chi connectivity index (χ4v) is 3.18. The molecule has 2 heterocycles. The highest BCUT2D eigenvalue weighted by atomic mass is 16.5. The molecule has 1 N–H and O–H groups in total. The number of nitrogens with zero attached hydrogens (tertiary/aromatic N) is 2. The summed E-state index contributed by atoms with van der Waals surface area (Å²) < 4.78 is 6.80. The molecular weight excluding hydrogens is 326 g/mol. The summed E-state index contributed by atoms with van der Waals surface area (Å²) in [5.41, 5.74) is 5.11. The minimum absolute atomic E-state index is 0.125. The molecule has 0 aliphatic carbocycles. The van der Waals surface area contributed by atoms with E-state index in [0.29, 0.717) is 18.7 Å². The van der Waals surface area contributed by atoms with Gasteiger partial charge in [0, 0.05) is 25.2 Å². The molecule has 26 heavy (non-hydrogen) atoms. The van der Waals surface area contributed by atoms with Gasteiger partial charge in [0.05, 0.1) is 18.0 Å². The van der Waals surface area contributed by atoms with E-state index in [1.807, 2.05) is 60.7 Å². The van der Waals surface area contributed by atoms with E-state index < -0.39 is 0 Å². The molecule has 0 bridgehead atoms. The van der Waals surface area contributed by atoms with Crippen molar-refractivity contribution in [1.29, 1.82) is 0 Å². The highest BCUT2D eigenvalue weighted by Crippen LogP contribution is 2.27. The van der Waals surface area contributed by atoms with Crippen molar-refractivity contribution < 1.29 is 4.74 Å². The quantitative estimate of drug-likeness (QED) is 0.603. The highest BCUT2D eigenvalue weighted by Gasteiger charge is 2.17. The SMILES string of the molecule is COCc1[nH]n2c(=O)cc(Cc3ccccc3)nc2c1-c1ccccc1. The molecule has 4 rings (SSSR count). The number of aromatic nitrogens is 3. The number of nitrogens with one attached hydrogen (secondary N) is 1. The van der Waals surface area contributed by atoms with E-state index in [0.717, 1.165) is 28.1 Å². The zero-order chi connectivity index (χ0) is 17.9. The average molecular weight is 345 g/mol. The second-order valence-electron chi connectivity index (χ2n) is 6.17. The van der Waals surface area contributed by atoms with Crippen molar-refractivity contribution in [2.75, 3.05) is 7.11 Å². The predicted octanol–water partition coefficient (Wildman–Crippen LogP) is 3.43. The number of rotatable bonds is 5. The number of H-pyrrole nitrogens is 1. The molecule has 5 heteroatoms. The van der Waals surface area contributed by atoms with Crippen molar-refractivity contribution in [2.24, 2.45) is 0 Å². The van der Waals surface area contributed by atoms with Crippen LogP contribution in [0.3, 0.4) is 0 Å². The third-order valence-electron chi connectivity index (χ3n) is 4.32. The summed E-state index contributed by atoms with van der Waals surface area (Å²) in [6.07, 6.45) is 0.617. The number of hydrogen-bond donors (Lipinski definition) is 1. The first-order valence-electron chi connectivity index (χ1n) is 8.48. The first kappa shape index (κ1) is 16.3. The largest absolute Gasteiger partial charge is 0.378 e. The Kier molecular flexibility index (Phi) is 4.37. The topological polar surface area (TPSA) is 59.4 Å². The van der Waals surface area contributed by atoms with Crippen LogP contribution in [-0.4, -0.2) is 21.7 Å². The minimum Gasteiger partial charge on any atom is -0.378 e. The van der Waals surface area contributed by atoms with Gasteiger partial charge >= 0.3 is 0 Å². The number of hydrogen-bond acceptors (Lipinski definition) is 3. The second-order valence-corrected chi connectivity index (χ2v) is 6.17. The van der Waals surface area contributed by atoms with E-state index >= 15 is 0 Å². The summed E-state index contributed by atoms with van der Waals surface area (Å²) in [5.74, 6) is 0. The number of ether oxygens (including phenoxy) is 1. The molecule has 0 radical (unpaired) electrons. The highest BCUT2D eigenvalue weighted by molar-refractivity contribution is 5.79. The molecule has 130 valence electrons. The molecule has 5 nitrogen and oxygen atoms in total. The Labute approximate surface area is 150 Å². The molecule has 0 spiro atoms. The molecule has 0 unspecified atom stereocenters. The average Bonchev–Trinajstić information content (AvgIpc) is 3.02. The Morgan fingerprint density at radius 3 is 2.42 bits per heavy atom. The van der Waals surface area contributed by atoms with Crippen molar-refractivity contribution in [3.63, 3.8) is 0 Å². The van der Waals surface area contributed by atoms with Gasteiger partial charge in [0.1, 0.15) is 0 Å². The maximum absolute atomic E-state index is 12.6. The number of methoxy groups -OCH3 is 1. The van der Waals surface area contributed by atoms with Crippen LogP contribution in [-0.2, 0) is 17.8 Å². The van der Waals surface area contributed by atoms with Crippen LogP contribution in [0, 0.1) is 0 Å². The van der Waals surface area contributed by atoms with Gasteiger partial charge in [0.15, 0.2) is 5.65 Å². The van der Waals surface area contributed by atoms with Crippen molar-refractivity contribution in [3.8, 4) is 11.1 Å². The number of aromatic amines is 1. The maximum Gasteiger partial charge on any atom is 0.272 e. The van der Waals surface area contributed by atoms with Gasteiger partial charge in [-0.25, -0.2) is 9.50 Å². The first-order valence-corrected chi connectivity index (χ1v) is 8.48. The lowest BCUT2D eigenvalue weighted by atomic mass is 10.1. The van der Waals surface area contributed by atoms with Crippen LogP contribution in [0.4, 0.5) is 0 Å². The van der Waals surface area contributed by atoms with Crippen LogP contribution >= 0.6 is 0 Å². The molecule has 2 aromatic carbocycles. The fraction of sp³-hybridized carbons (Fsp3) is 0.143. The van der Waals surface area contributed by atoms with Crippen LogP contribution in [0.25, 0.3) is 16.8 Å². The van der Waals surface area contributed by atoms with E-state index in [1.165, 1.54) is 4.52 Å². The van der Waals surface area contributed by atoms with Gasteiger partial charge in [-0.1, -0.05) is 60.7 Å². The first-order chi connectivity index (χ1) is 12.8. The fourth-order valence-electron chi connectivity index (χ4n) is 3.18. The van der Waals surface area contributed by atoms with Gasteiger partial charge in [-0.3, -0.25) is 9.89 Å². The van der Waals surface area contributed by atoms with Crippen molar-refractivity contribution in [1.82, 2.24) is 14.6 Å². The van der Waals surface area contributed by atoms with E-state index in [9.17, 15) is 4.79 Å². The molecule has 0 saturated carbocycles. The summed E-state index contributed by atoms with van der Waals surface area (Å²) in [6, 6.07) is 21.6. The third kappa shape index (κ3) is 3.05. The number of fused-ring (bicyclic) bond motifs is 1. The molecule has 4 aromatic rings. The zero-order valence-electron chi connectivity index (χ0n) is 14.5. The zero-order valence-corrected chi connectivity index (χ0v) is 14.5. The maximum atomic E-state index is 12.6. The minimum atomic E-state index is -0.125. The lowest BCUT2D eigenvalue weighted by molar-refractivity contribution is 0.181.